The first kappa shape index (κ1) is 14.0. The lowest BCUT2D eigenvalue weighted by atomic mass is 10.1. The number of hydrogen-bond donors (Lipinski definition) is 1. The monoisotopic (exact) mass is 246 g/mol. The molecule has 0 fully saturated rings. The Morgan fingerprint density at radius 3 is 2.50 bits per heavy atom. The van der Waals surface area contributed by atoms with E-state index in [1.807, 2.05) is 13.8 Å². The minimum absolute atomic E-state index is 0.0203. The molecule has 0 aromatic heterocycles. The number of rotatable bonds is 5. The van der Waals surface area contributed by atoms with Gasteiger partial charge in [-0.3, -0.25) is 4.79 Å². The topological polar surface area (TPSA) is 62.1 Å². The molecule has 1 aromatic rings. The Hall–Kier alpha value is -2.02. The van der Waals surface area contributed by atoms with Crippen LogP contribution in [-0.4, -0.2) is 19.6 Å². The van der Waals surface area contributed by atoms with E-state index in [4.69, 9.17) is 10.00 Å². The largest absolute Gasteiger partial charge is 0.493 e. The predicted octanol–water partition coefficient (Wildman–Crippen LogP) is 2.08. The Morgan fingerprint density at radius 2 is 2.00 bits per heavy atom. The van der Waals surface area contributed by atoms with E-state index in [-0.39, 0.29) is 5.91 Å². The van der Waals surface area contributed by atoms with Crippen LogP contribution < -0.4 is 10.1 Å². The summed E-state index contributed by atoms with van der Waals surface area (Å²) < 4.78 is 5.67. The van der Waals surface area contributed by atoms with Gasteiger partial charge in [0.15, 0.2) is 0 Å². The predicted molar refractivity (Wildman–Crippen MR) is 69.4 cm³/mol. The first-order valence-electron chi connectivity index (χ1n) is 5.93. The molecule has 0 spiro atoms. The van der Waals surface area contributed by atoms with Crippen molar-refractivity contribution < 1.29 is 9.53 Å². The summed E-state index contributed by atoms with van der Waals surface area (Å²) >= 11 is 0. The molecule has 18 heavy (non-hydrogen) atoms. The third kappa shape index (κ3) is 3.77. The second-order valence-corrected chi connectivity index (χ2v) is 4.18. The lowest BCUT2D eigenvalue weighted by Gasteiger charge is -2.12. The van der Waals surface area contributed by atoms with Gasteiger partial charge >= 0.3 is 0 Å². The van der Waals surface area contributed by atoms with Crippen molar-refractivity contribution in [1.82, 2.24) is 5.32 Å². The quantitative estimate of drug-likeness (QED) is 0.809. The van der Waals surface area contributed by atoms with Crippen LogP contribution in [0.15, 0.2) is 12.1 Å². The summed E-state index contributed by atoms with van der Waals surface area (Å²) in [6.45, 7) is 4.34. The van der Waals surface area contributed by atoms with Crippen molar-refractivity contribution in [3.63, 3.8) is 0 Å². The average Bonchev–Trinajstić information content (AvgIpc) is 2.36. The van der Waals surface area contributed by atoms with E-state index in [2.05, 4.69) is 11.4 Å². The van der Waals surface area contributed by atoms with Gasteiger partial charge in [0.05, 0.1) is 18.2 Å². The van der Waals surface area contributed by atoms with Crippen LogP contribution in [0, 0.1) is 25.2 Å². The summed E-state index contributed by atoms with van der Waals surface area (Å²) in [6.07, 6.45) is 1.14. The molecule has 0 saturated heterocycles. The van der Waals surface area contributed by atoms with Crippen molar-refractivity contribution in [3.05, 3.63) is 28.8 Å². The number of carbonyl (C=O) groups excluding carboxylic acids is 1. The molecule has 1 rings (SSSR count). The van der Waals surface area contributed by atoms with Crippen LogP contribution in [-0.2, 0) is 4.79 Å². The Kier molecular flexibility index (Phi) is 5.19. The summed E-state index contributed by atoms with van der Waals surface area (Å²) in [4.78, 5) is 11.0. The zero-order valence-electron chi connectivity index (χ0n) is 11.0. The van der Waals surface area contributed by atoms with Crippen LogP contribution in [0.3, 0.4) is 0 Å². The Morgan fingerprint density at radius 1 is 1.39 bits per heavy atom. The number of nitriles is 1. The van der Waals surface area contributed by atoms with Crippen molar-refractivity contribution in [2.75, 3.05) is 13.7 Å². The Bertz CT molecular complexity index is 452. The molecule has 4 heteroatoms. The molecule has 1 aromatic carbocycles. The van der Waals surface area contributed by atoms with Gasteiger partial charge in [-0.1, -0.05) is 0 Å². The number of ether oxygens (including phenoxy) is 1. The smallest absolute Gasteiger partial charge is 0.219 e. The van der Waals surface area contributed by atoms with E-state index >= 15 is 0 Å². The van der Waals surface area contributed by atoms with E-state index < -0.39 is 0 Å². The van der Waals surface area contributed by atoms with Crippen molar-refractivity contribution >= 4 is 5.91 Å². The first-order valence-corrected chi connectivity index (χ1v) is 5.93. The van der Waals surface area contributed by atoms with Crippen LogP contribution in [0.1, 0.15) is 29.5 Å². The number of amides is 1. The molecule has 0 aliphatic heterocycles. The van der Waals surface area contributed by atoms with E-state index in [1.54, 1.807) is 19.2 Å². The molecule has 4 nitrogen and oxygen atoms in total. The zero-order chi connectivity index (χ0) is 13.5. The molecule has 0 aliphatic rings. The van der Waals surface area contributed by atoms with Gasteiger partial charge in [-0.25, -0.2) is 0 Å². The van der Waals surface area contributed by atoms with Crippen molar-refractivity contribution in [2.45, 2.75) is 26.7 Å². The van der Waals surface area contributed by atoms with E-state index in [0.29, 0.717) is 25.0 Å². The first-order chi connectivity index (χ1) is 8.58. The third-order valence-electron chi connectivity index (χ3n) is 2.66. The molecule has 0 bridgehead atoms. The Balaban J connectivity index is 2.58. The van der Waals surface area contributed by atoms with Crippen LogP contribution in [0.5, 0.6) is 5.75 Å². The van der Waals surface area contributed by atoms with Gasteiger partial charge < -0.3 is 10.1 Å². The van der Waals surface area contributed by atoms with Gasteiger partial charge in [0.1, 0.15) is 5.75 Å². The number of carbonyl (C=O) groups is 1. The lowest BCUT2D eigenvalue weighted by Crippen LogP contribution is -2.18. The molecule has 0 unspecified atom stereocenters. The summed E-state index contributed by atoms with van der Waals surface area (Å²) in [5.74, 6) is 0.831. The normalized spacial score (nSPS) is 9.67. The fraction of sp³-hybridized carbons (Fsp3) is 0.429. The second kappa shape index (κ2) is 6.65. The van der Waals surface area contributed by atoms with Crippen LogP contribution in [0.25, 0.3) is 0 Å². The molecule has 0 atom stereocenters. The van der Waals surface area contributed by atoms with E-state index in [0.717, 1.165) is 16.9 Å². The Labute approximate surface area is 108 Å². The van der Waals surface area contributed by atoms with Gasteiger partial charge in [-0.15, -0.1) is 0 Å². The highest BCUT2D eigenvalue weighted by molar-refractivity contribution is 5.75. The van der Waals surface area contributed by atoms with Gasteiger partial charge in [0, 0.05) is 13.5 Å². The molecule has 0 saturated carbocycles. The van der Waals surface area contributed by atoms with Crippen LogP contribution >= 0.6 is 0 Å². The van der Waals surface area contributed by atoms with Gasteiger partial charge in [-0.2, -0.15) is 5.26 Å². The fourth-order valence-corrected chi connectivity index (χ4v) is 1.77. The van der Waals surface area contributed by atoms with E-state index in [9.17, 15) is 4.79 Å². The highest BCUT2D eigenvalue weighted by Gasteiger charge is 2.06. The van der Waals surface area contributed by atoms with Crippen molar-refractivity contribution in [2.24, 2.45) is 0 Å². The maximum atomic E-state index is 11.0. The third-order valence-corrected chi connectivity index (χ3v) is 2.66. The minimum atomic E-state index is 0.0203. The summed E-state index contributed by atoms with van der Waals surface area (Å²) in [6, 6.07) is 5.73. The van der Waals surface area contributed by atoms with Crippen LogP contribution in [0.4, 0.5) is 0 Å². The molecular weight excluding hydrogens is 228 g/mol. The fourth-order valence-electron chi connectivity index (χ4n) is 1.77. The highest BCUT2D eigenvalue weighted by atomic mass is 16.5. The van der Waals surface area contributed by atoms with Gasteiger partial charge in [0.25, 0.3) is 0 Å². The maximum Gasteiger partial charge on any atom is 0.219 e. The zero-order valence-corrected chi connectivity index (χ0v) is 11.0. The average molecular weight is 246 g/mol. The van der Waals surface area contributed by atoms with Crippen molar-refractivity contribution in [1.29, 1.82) is 5.26 Å². The standard InChI is InChI=1S/C14H18N2O2/c1-10-7-12(9-15)8-11(2)14(10)18-6-4-5-13(17)16-3/h7-8H,4-6H2,1-3H3,(H,16,17). The molecule has 0 aliphatic carbocycles. The van der Waals surface area contributed by atoms with Gasteiger partial charge in [-0.05, 0) is 43.5 Å². The molecule has 96 valence electrons. The molecule has 0 radical (unpaired) electrons. The number of hydrogen-bond acceptors (Lipinski definition) is 3. The summed E-state index contributed by atoms with van der Waals surface area (Å²) in [7, 11) is 1.62. The van der Waals surface area contributed by atoms with Crippen LogP contribution in [0.2, 0.25) is 0 Å². The molecule has 1 amide bonds. The molecule has 0 heterocycles. The number of benzene rings is 1. The maximum absolute atomic E-state index is 11.0. The minimum Gasteiger partial charge on any atom is -0.493 e. The number of aryl methyl sites for hydroxylation is 2. The SMILES string of the molecule is CNC(=O)CCCOc1c(C)cc(C#N)cc1C. The molecular formula is C14H18N2O2. The lowest BCUT2D eigenvalue weighted by molar-refractivity contribution is -0.120. The van der Waals surface area contributed by atoms with Gasteiger partial charge in [0.2, 0.25) is 5.91 Å². The van der Waals surface area contributed by atoms with Crippen molar-refractivity contribution in [3.8, 4) is 11.8 Å². The second-order valence-electron chi connectivity index (χ2n) is 4.18. The highest BCUT2D eigenvalue weighted by Crippen LogP contribution is 2.24. The summed E-state index contributed by atoms with van der Waals surface area (Å²) in [5, 5.41) is 11.4. The molecule has 1 N–H and O–H groups in total. The number of nitrogens with zero attached hydrogens (tertiary/aromatic N) is 1. The number of nitrogens with one attached hydrogen (secondary N) is 1. The summed E-state index contributed by atoms with van der Waals surface area (Å²) in [5.41, 5.74) is 2.54. The van der Waals surface area contributed by atoms with E-state index in [1.165, 1.54) is 0 Å².